The van der Waals surface area contributed by atoms with Crippen molar-refractivity contribution in [1.29, 1.82) is 0 Å². The molecular formula is C15H12ClNO2. The fraction of sp³-hybridized carbons (Fsp3) is 0.133. The zero-order chi connectivity index (χ0) is 16.1. The summed E-state index contributed by atoms with van der Waals surface area (Å²) in [4.78, 5) is 14.5. The number of nitrogens with one attached hydrogen (secondary N) is 1. The smallest absolute Gasteiger partial charge is 0.310 e. The zero-order valence-corrected chi connectivity index (χ0v) is 10.5. The molecular weight excluding hydrogens is 263 g/mol. The molecule has 0 saturated heterocycles. The molecule has 19 heavy (non-hydrogen) atoms. The van der Waals surface area contributed by atoms with Crippen molar-refractivity contribution in [3.63, 3.8) is 0 Å². The molecule has 96 valence electrons. The average Bonchev–Trinajstić information content (AvgIpc) is 2.73. The molecule has 1 unspecified atom stereocenters. The minimum absolute atomic E-state index is 0.248. The van der Waals surface area contributed by atoms with Gasteiger partial charge in [-0.3, -0.25) is 4.79 Å². The number of fused-ring (bicyclic) bond motifs is 3. The lowest BCUT2D eigenvalue weighted by molar-refractivity contribution is -0.138. The molecule has 0 spiro atoms. The van der Waals surface area contributed by atoms with Crippen LogP contribution in [0.25, 0.3) is 21.8 Å². The molecule has 1 aromatic heterocycles. The van der Waals surface area contributed by atoms with E-state index in [4.69, 9.17) is 15.7 Å². The van der Waals surface area contributed by atoms with Crippen molar-refractivity contribution in [3.8, 4) is 0 Å². The predicted molar refractivity (Wildman–Crippen MR) is 76.9 cm³/mol. The minimum atomic E-state index is -2.60. The first kappa shape index (κ1) is 8.99. The molecule has 4 heteroatoms. The van der Waals surface area contributed by atoms with E-state index in [2.05, 4.69) is 4.98 Å². The Morgan fingerprint density at radius 3 is 2.84 bits per heavy atom. The van der Waals surface area contributed by atoms with Crippen molar-refractivity contribution in [2.24, 2.45) is 0 Å². The highest BCUT2D eigenvalue weighted by Crippen LogP contribution is 2.30. The minimum Gasteiger partial charge on any atom is -0.481 e. The van der Waals surface area contributed by atoms with Crippen LogP contribution in [-0.2, 0) is 4.79 Å². The summed E-state index contributed by atoms with van der Waals surface area (Å²) in [5, 5.41) is 11.6. The summed E-state index contributed by atoms with van der Waals surface area (Å²) in [6, 6.07) is 10.2. The number of carboxylic acid groups (broad SMARTS) is 1. The van der Waals surface area contributed by atoms with E-state index in [0.29, 0.717) is 10.5 Å². The van der Waals surface area contributed by atoms with Gasteiger partial charge in [-0.15, -0.1) is 0 Å². The second-order valence-corrected chi connectivity index (χ2v) is 4.83. The summed E-state index contributed by atoms with van der Waals surface area (Å²) in [6.45, 7) is -2.60. The molecule has 2 N–H and O–H groups in total. The van der Waals surface area contributed by atoms with Gasteiger partial charge in [0.2, 0.25) is 0 Å². The second kappa shape index (κ2) is 4.28. The third-order valence-corrected chi connectivity index (χ3v) is 3.40. The molecule has 0 aliphatic rings. The number of rotatable bonds is 2. The maximum absolute atomic E-state index is 11.3. The van der Waals surface area contributed by atoms with Crippen LogP contribution in [0.15, 0.2) is 36.4 Å². The molecule has 0 saturated carbocycles. The summed E-state index contributed by atoms with van der Waals surface area (Å²) in [6.07, 6.45) is 0. The van der Waals surface area contributed by atoms with Gasteiger partial charge in [-0.2, -0.15) is 0 Å². The Hall–Kier alpha value is -2.00. The summed E-state index contributed by atoms with van der Waals surface area (Å²) in [5.41, 5.74) is 1.79. The fourth-order valence-corrected chi connectivity index (χ4v) is 2.39. The van der Waals surface area contributed by atoms with E-state index in [9.17, 15) is 9.90 Å². The highest BCUT2D eigenvalue weighted by molar-refractivity contribution is 6.31. The number of benzene rings is 2. The number of carbonyl (C=O) groups is 1. The molecule has 0 aliphatic heterocycles. The third kappa shape index (κ3) is 1.96. The normalized spacial score (nSPS) is 15.9. The SMILES string of the molecule is [2H][13C]([2H])([2H])C(C(=O)O)c1ccc2c(c1)[nH]c1ccc(Cl)cc12. The number of halogens is 1. The van der Waals surface area contributed by atoms with E-state index < -0.39 is 18.7 Å². The first-order valence-corrected chi connectivity index (χ1v) is 6.09. The molecule has 1 atom stereocenters. The van der Waals surface area contributed by atoms with E-state index in [0.717, 1.165) is 16.3 Å². The predicted octanol–water partition coefficient (Wildman–Crippen LogP) is 4.16. The fourth-order valence-electron chi connectivity index (χ4n) is 2.22. The molecule has 3 rings (SSSR count). The highest BCUT2D eigenvalue weighted by Gasteiger charge is 2.15. The van der Waals surface area contributed by atoms with Gasteiger partial charge in [0.25, 0.3) is 0 Å². The number of hydrogen-bond acceptors (Lipinski definition) is 1. The Morgan fingerprint density at radius 1 is 1.26 bits per heavy atom. The third-order valence-electron chi connectivity index (χ3n) is 3.17. The largest absolute Gasteiger partial charge is 0.481 e. The molecule has 0 aliphatic carbocycles. The number of hydrogen-bond donors (Lipinski definition) is 2. The molecule has 0 amide bonds. The molecule has 0 bridgehead atoms. The van der Waals surface area contributed by atoms with Gasteiger partial charge in [-0.05, 0) is 36.7 Å². The van der Waals surface area contributed by atoms with Crippen LogP contribution in [0.1, 0.15) is 22.4 Å². The van der Waals surface area contributed by atoms with Crippen LogP contribution in [-0.4, -0.2) is 16.1 Å². The van der Waals surface area contributed by atoms with E-state index >= 15 is 0 Å². The van der Waals surface area contributed by atoms with Crippen LogP contribution in [0.5, 0.6) is 0 Å². The van der Waals surface area contributed by atoms with E-state index in [-0.39, 0.29) is 5.56 Å². The van der Waals surface area contributed by atoms with Gasteiger partial charge in [-0.25, -0.2) is 0 Å². The van der Waals surface area contributed by atoms with Crippen LogP contribution < -0.4 is 0 Å². The number of aliphatic carboxylic acids is 1. The zero-order valence-electron chi connectivity index (χ0n) is 12.8. The van der Waals surface area contributed by atoms with Crippen molar-refractivity contribution in [3.05, 3.63) is 47.0 Å². The van der Waals surface area contributed by atoms with Crippen LogP contribution in [0, 0.1) is 0 Å². The summed E-state index contributed by atoms with van der Waals surface area (Å²) < 4.78 is 22.3. The topological polar surface area (TPSA) is 53.1 Å². The summed E-state index contributed by atoms with van der Waals surface area (Å²) in [5.74, 6) is -2.91. The van der Waals surface area contributed by atoms with Gasteiger partial charge in [0, 0.05) is 30.9 Å². The van der Waals surface area contributed by atoms with Crippen molar-refractivity contribution in [1.82, 2.24) is 4.98 Å². The number of carboxylic acids is 1. The lowest BCUT2D eigenvalue weighted by atomic mass is 10.0. The Morgan fingerprint density at radius 2 is 2.11 bits per heavy atom. The molecule has 0 radical (unpaired) electrons. The van der Waals surface area contributed by atoms with Crippen molar-refractivity contribution in [2.45, 2.75) is 12.8 Å². The van der Waals surface area contributed by atoms with E-state index in [1.54, 1.807) is 24.3 Å². The van der Waals surface area contributed by atoms with Gasteiger partial charge in [-0.1, -0.05) is 23.7 Å². The van der Waals surface area contributed by atoms with E-state index in [1.807, 2.05) is 12.1 Å². The molecule has 0 fully saturated rings. The van der Waals surface area contributed by atoms with Crippen molar-refractivity contribution in [2.75, 3.05) is 0 Å². The summed E-state index contributed by atoms with van der Waals surface area (Å²) in [7, 11) is 0. The monoisotopic (exact) mass is 277 g/mol. The van der Waals surface area contributed by atoms with Gasteiger partial charge in [0.15, 0.2) is 0 Å². The Bertz CT molecular complexity index is 885. The number of aromatic amines is 1. The quantitative estimate of drug-likeness (QED) is 0.691. The molecule has 3 aromatic rings. The van der Waals surface area contributed by atoms with Crippen LogP contribution in [0.3, 0.4) is 0 Å². The Kier molecular flexibility index (Phi) is 2.03. The van der Waals surface area contributed by atoms with Crippen molar-refractivity contribution >= 4 is 39.4 Å². The first-order chi connectivity index (χ1) is 10.3. The Labute approximate surface area is 119 Å². The molecule has 3 nitrogen and oxygen atoms in total. The summed E-state index contributed by atoms with van der Waals surface area (Å²) >= 11 is 5.99. The lowest BCUT2D eigenvalue weighted by Gasteiger charge is -2.06. The van der Waals surface area contributed by atoms with Crippen LogP contribution in [0.2, 0.25) is 5.02 Å². The average molecular weight is 278 g/mol. The van der Waals surface area contributed by atoms with Crippen LogP contribution in [0.4, 0.5) is 0 Å². The van der Waals surface area contributed by atoms with Crippen LogP contribution >= 0.6 is 11.6 Å². The van der Waals surface area contributed by atoms with Crippen molar-refractivity contribution < 1.29 is 14.0 Å². The van der Waals surface area contributed by atoms with Gasteiger partial charge in [0.1, 0.15) is 0 Å². The van der Waals surface area contributed by atoms with Gasteiger partial charge in [0.05, 0.1) is 5.92 Å². The number of H-pyrrole nitrogens is 1. The van der Waals surface area contributed by atoms with Gasteiger partial charge < -0.3 is 10.1 Å². The second-order valence-electron chi connectivity index (χ2n) is 4.39. The Balaban J connectivity index is 2.21. The first-order valence-electron chi connectivity index (χ1n) is 7.21. The van der Waals surface area contributed by atoms with E-state index in [1.165, 1.54) is 0 Å². The lowest BCUT2D eigenvalue weighted by Crippen LogP contribution is -2.06. The molecule has 1 heterocycles. The molecule has 2 aromatic carbocycles. The number of aromatic nitrogens is 1. The van der Waals surface area contributed by atoms with Gasteiger partial charge >= 0.3 is 5.97 Å². The highest BCUT2D eigenvalue weighted by atomic mass is 35.5. The maximum atomic E-state index is 11.3. The maximum Gasteiger partial charge on any atom is 0.310 e. The standard InChI is InChI=1S/C15H12ClNO2/c1-8(15(18)19)9-2-4-11-12-7-10(16)3-5-13(12)17-14(11)6-9/h2-8,17H,1H3,(H,18,19)/i1+1D3.